The Hall–Kier alpha value is -0.760. The lowest BCUT2D eigenvalue weighted by atomic mass is 10.2. The molecule has 5 rings (SSSR count). The summed E-state index contributed by atoms with van der Waals surface area (Å²) in [5.74, 6) is -1.54. The van der Waals surface area contributed by atoms with Gasteiger partial charge < -0.3 is 0 Å². The quantitative estimate of drug-likeness (QED) is 0.734. The number of fused-ring (bicyclic) bond motifs is 1. The minimum atomic E-state index is -0.698. The van der Waals surface area contributed by atoms with E-state index in [9.17, 15) is 4.79 Å². The molecule has 0 aliphatic heterocycles. The monoisotopic (exact) mass is 204 g/mol. The fourth-order valence-electron chi connectivity index (χ4n) is 2.53. The number of carbonyl (C=O) groups is 1. The van der Waals surface area contributed by atoms with E-state index < -0.39 is 11.8 Å². The molecule has 0 radical (unpaired) electrons. The first-order chi connectivity index (χ1) is 7.62. The van der Waals surface area contributed by atoms with Crippen molar-refractivity contribution in [1.29, 1.82) is 0 Å². The highest BCUT2D eigenvalue weighted by Gasteiger charge is 2.84. The van der Waals surface area contributed by atoms with Crippen molar-refractivity contribution >= 4 is 17.5 Å². The Labute approximate surface area is 89.7 Å². The number of Topliss-reactive ketones (excluding diaryl/α,β-unsaturated/α-hetero) is 1. The Balaban J connectivity index is 1.62. The van der Waals surface area contributed by atoms with Crippen molar-refractivity contribution in [2.24, 2.45) is 23.6 Å². The summed E-state index contributed by atoms with van der Waals surface area (Å²) >= 11 is 1.54. The van der Waals surface area contributed by atoms with Gasteiger partial charge in [-0.3, -0.25) is 4.79 Å². The van der Waals surface area contributed by atoms with Crippen LogP contribution in [0.4, 0.5) is 0 Å². The largest absolute Gasteiger partial charge is 0.298 e. The van der Waals surface area contributed by atoms with Gasteiger partial charge in [-0.15, -0.1) is 11.8 Å². The molecule has 3 unspecified atom stereocenters. The number of ketones is 1. The van der Waals surface area contributed by atoms with E-state index in [1.807, 2.05) is 30.3 Å². The minimum Gasteiger partial charge on any atom is -0.298 e. The highest BCUT2D eigenvalue weighted by Crippen LogP contribution is 2.82. The van der Waals surface area contributed by atoms with Crippen LogP contribution >= 0.6 is 11.8 Å². The van der Waals surface area contributed by atoms with Crippen LogP contribution in [0.15, 0.2) is 35.2 Å². The first-order valence-electron chi connectivity index (χ1n) is 5.87. The van der Waals surface area contributed by atoms with Crippen LogP contribution < -0.4 is 0 Å². The van der Waals surface area contributed by atoms with Gasteiger partial charge in [-0.25, -0.2) is 0 Å². The van der Waals surface area contributed by atoms with Crippen molar-refractivity contribution in [1.82, 2.24) is 0 Å². The summed E-state index contributed by atoms with van der Waals surface area (Å²) in [5.41, 5.74) is 0. The number of rotatable bonds is 2. The van der Waals surface area contributed by atoms with E-state index in [4.69, 9.17) is 2.74 Å². The Morgan fingerprint density at radius 1 is 1.21 bits per heavy atom. The molecule has 0 heterocycles. The van der Waals surface area contributed by atoms with Crippen LogP contribution in [-0.4, -0.2) is 11.0 Å². The lowest BCUT2D eigenvalue weighted by Gasteiger charge is -2.06. The summed E-state index contributed by atoms with van der Waals surface area (Å²) in [6.45, 7) is 0. The van der Waals surface area contributed by atoms with Crippen molar-refractivity contribution in [2.45, 2.75) is 10.1 Å². The molecule has 1 aromatic rings. The Bertz CT molecular complexity index is 489. The summed E-state index contributed by atoms with van der Waals surface area (Å²) in [6.07, 6.45) is 0. The molecule has 0 spiro atoms. The summed E-state index contributed by atoms with van der Waals surface area (Å²) in [4.78, 5) is 13.0. The topological polar surface area (TPSA) is 17.1 Å². The van der Waals surface area contributed by atoms with Gasteiger partial charge >= 0.3 is 0 Å². The highest BCUT2D eigenvalue weighted by atomic mass is 32.2. The smallest absolute Gasteiger partial charge is 0.150 e. The van der Waals surface area contributed by atoms with Gasteiger partial charge in [0.25, 0.3) is 0 Å². The summed E-state index contributed by atoms with van der Waals surface area (Å²) in [5, 5.41) is -0.137. The Kier molecular flexibility index (Phi) is 0.956. The first-order valence-corrected chi connectivity index (χ1v) is 5.75. The third kappa shape index (κ3) is 0.765. The van der Waals surface area contributed by atoms with Crippen LogP contribution in [0, 0.1) is 23.6 Å². The van der Waals surface area contributed by atoms with Gasteiger partial charge in [0.05, 0.1) is 5.25 Å². The van der Waals surface area contributed by atoms with Gasteiger partial charge in [-0.2, -0.15) is 0 Å². The van der Waals surface area contributed by atoms with Crippen molar-refractivity contribution < 1.29 is 7.54 Å². The molecule has 0 N–H and O–H groups in total. The molecule has 4 fully saturated rings. The molecule has 14 heavy (non-hydrogen) atoms. The second kappa shape index (κ2) is 2.25. The summed E-state index contributed by atoms with van der Waals surface area (Å²) in [6, 6.07) is 9.81. The average molecular weight is 204 g/mol. The third-order valence-corrected chi connectivity index (χ3v) is 4.64. The number of carbonyl (C=O) groups excluding carboxylic acids is 1. The molecule has 4 saturated carbocycles. The van der Waals surface area contributed by atoms with Gasteiger partial charge in [0.15, 0.2) is 0 Å². The van der Waals surface area contributed by atoms with E-state index in [1.54, 1.807) is 0 Å². The van der Waals surface area contributed by atoms with Gasteiger partial charge in [0, 0.05) is 13.6 Å². The predicted molar refractivity (Wildman–Crippen MR) is 55.1 cm³/mol. The molecule has 0 saturated heterocycles. The van der Waals surface area contributed by atoms with Crippen molar-refractivity contribution in [3.8, 4) is 0 Å². The zero-order valence-electron chi connectivity index (χ0n) is 9.44. The van der Waals surface area contributed by atoms with Gasteiger partial charge in [-0.1, -0.05) is 18.2 Å². The maximum Gasteiger partial charge on any atom is 0.150 e. The lowest BCUT2D eigenvalue weighted by Crippen LogP contribution is -2.09. The molecular formula is C12H10OS. The van der Waals surface area contributed by atoms with Gasteiger partial charge in [0.2, 0.25) is 0 Å². The number of benzene rings is 1. The average Bonchev–Trinajstić information content (AvgIpc) is 2.82. The molecule has 4 aliphatic carbocycles. The molecule has 1 aromatic carbocycles. The Morgan fingerprint density at radius 3 is 2.50 bits per heavy atom. The van der Waals surface area contributed by atoms with Crippen LogP contribution in [0.2, 0.25) is 0 Å². The fraction of sp³-hybridized carbons (Fsp3) is 0.417. The van der Waals surface area contributed by atoms with E-state index in [2.05, 4.69) is 0 Å². The summed E-state index contributed by atoms with van der Waals surface area (Å²) in [7, 11) is 0. The predicted octanol–water partition coefficient (Wildman–Crippen LogP) is 2.22. The van der Waals surface area contributed by atoms with E-state index >= 15 is 0 Å². The van der Waals surface area contributed by atoms with Crippen molar-refractivity contribution in [3.05, 3.63) is 30.3 Å². The Morgan fingerprint density at radius 2 is 1.93 bits per heavy atom. The molecule has 5 atom stereocenters. The highest BCUT2D eigenvalue weighted by molar-refractivity contribution is 8.00. The molecular weight excluding hydrogens is 192 g/mol. The molecule has 70 valence electrons. The summed E-state index contributed by atoms with van der Waals surface area (Å²) < 4.78 is 16.0. The van der Waals surface area contributed by atoms with Crippen molar-refractivity contribution in [2.75, 3.05) is 0 Å². The third-order valence-electron chi connectivity index (χ3n) is 3.33. The second-order valence-corrected chi connectivity index (χ2v) is 5.29. The van der Waals surface area contributed by atoms with Crippen LogP contribution in [-0.2, 0) is 4.79 Å². The lowest BCUT2D eigenvalue weighted by molar-refractivity contribution is -0.118. The van der Waals surface area contributed by atoms with Crippen LogP contribution in [0.25, 0.3) is 0 Å². The van der Waals surface area contributed by atoms with Crippen LogP contribution in [0.1, 0.15) is 2.74 Å². The zero-order valence-corrected chi connectivity index (χ0v) is 8.25. The molecule has 2 heteroatoms. The number of hydrogen-bond acceptors (Lipinski definition) is 2. The van der Waals surface area contributed by atoms with E-state index in [0.29, 0.717) is 0 Å². The first kappa shape index (κ1) is 5.96. The number of hydrogen-bond donors (Lipinski definition) is 0. The van der Waals surface area contributed by atoms with E-state index in [-0.39, 0.29) is 22.9 Å². The van der Waals surface area contributed by atoms with Crippen molar-refractivity contribution in [3.63, 3.8) is 0 Å². The number of thioether (sulfide) groups is 1. The maximum atomic E-state index is 11.9. The van der Waals surface area contributed by atoms with Crippen LogP contribution in [0.3, 0.4) is 0 Å². The molecule has 0 amide bonds. The van der Waals surface area contributed by atoms with E-state index in [0.717, 1.165) is 4.90 Å². The SMILES string of the molecule is [2H]C12C3C(=O)[C@@H](Sc4ccccc4)C1[C@@]32[2H]. The molecule has 1 nitrogen and oxygen atoms in total. The molecule has 0 aromatic heterocycles. The second-order valence-electron chi connectivity index (χ2n) is 4.08. The maximum absolute atomic E-state index is 11.9. The van der Waals surface area contributed by atoms with E-state index in [1.165, 1.54) is 11.8 Å². The fourth-order valence-corrected chi connectivity index (χ4v) is 3.82. The van der Waals surface area contributed by atoms with Crippen LogP contribution in [0.5, 0.6) is 0 Å². The molecule has 4 aliphatic rings. The minimum absolute atomic E-state index is 0.0114. The zero-order chi connectivity index (χ0) is 11.1. The molecule has 2 bridgehead atoms. The van der Waals surface area contributed by atoms with Gasteiger partial charge in [-0.05, 0) is 29.8 Å². The standard InChI is InChI=1S/C12H10OS/c13-11-9-7-8(9)10(7)12(11)14-6-4-2-1-3-5-6/h1-5,7-10,12H/t7-,8?,9?,10?,12+/m1/s1/i7D,8D. The normalized spacial score (nSPS) is 58.9. The van der Waals surface area contributed by atoms with Gasteiger partial charge in [0.1, 0.15) is 5.78 Å².